The molecule has 5 heteroatoms. The van der Waals surface area contributed by atoms with Gasteiger partial charge in [-0.05, 0) is 38.3 Å². The number of hydrogen-bond acceptors (Lipinski definition) is 4. The highest BCUT2D eigenvalue weighted by Gasteiger charge is 2.11. The third kappa shape index (κ3) is 3.17. The van der Waals surface area contributed by atoms with Gasteiger partial charge in [0.25, 0.3) is 0 Å². The molecular weight excluding hydrogens is 252 g/mol. The summed E-state index contributed by atoms with van der Waals surface area (Å²) in [5.74, 6) is 2.60. The van der Waals surface area contributed by atoms with E-state index >= 15 is 0 Å². The van der Waals surface area contributed by atoms with Gasteiger partial charge in [0.1, 0.15) is 18.2 Å². The molecule has 0 amide bonds. The van der Waals surface area contributed by atoms with Crippen LogP contribution in [0.4, 0.5) is 0 Å². The van der Waals surface area contributed by atoms with Crippen molar-refractivity contribution < 1.29 is 4.74 Å². The minimum Gasteiger partial charge on any atom is -0.485 e. The predicted molar refractivity (Wildman–Crippen MR) is 78.6 cm³/mol. The number of rotatable bonds is 5. The zero-order valence-corrected chi connectivity index (χ0v) is 12.6. The van der Waals surface area contributed by atoms with Crippen LogP contribution in [0.2, 0.25) is 0 Å². The smallest absolute Gasteiger partial charge is 0.170 e. The van der Waals surface area contributed by atoms with E-state index < -0.39 is 0 Å². The molecule has 0 aliphatic rings. The first-order chi connectivity index (χ1) is 9.49. The maximum absolute atomic E-state index is 5.97. The number of hydrogen-bond donors (Lipinski definition) is 1. The van der Waals surface area contributed by atoms with Crippen molar-refractivity contribution in [2.75, 3.05) is 0 Å². The Balaban J connectivity index is 2.18. The lowest BCUT2D eigenvalue weighted by atomic mass is 10.0. The van der Waals surface area contributed by atoms with Crippen LogP contribution in [0.3, 0.4) is 0 Å². The van der Waals surface area contributed by atoms with Crippen molar-refractivity contribution in [2.24, 2.45) is 12.8 Å². The molecule has 0 aliphatic heterocycles. The second-order valence-corrected chi connectivity index (χ2v) is 5.26. The number of aryl methyl sites for hydroxylation is 2. The molecule has 20 heavy (non-hydrogen) atoms. The largest absolute Gasteiger partial charge is 0.485 e. The molecule has 5 nitrogen and oxygen atoms in total. The summed E-state index contributed by atoms with van der Waals surface area (Å²) in [6.07, 6.45) is 0.800. The third-order valence-electron chi connectivity index (χ3n) is 3.36. The first kappa shape index (κ1) is 14.5. The van der Waals surface area contributed by atoms with Crippen LogP contribution >= 0.6 is 0 Å². The lowest BCUT2D eigenvalue weighted by Gasteiger charge is -2.15. The molecule has 0 saturated carbocycles. The fraction of sp³-hybridized carbons (Fsp3) is 0.467. The van der Waals surface area contributed by atoms with E-state index in [0.29, 0.717) is 6.61 Å². The highest BCUT2D eigenvalue weighted by atomic mass is 16.5. The van der Waals surface area contributed by atoms with Crippen molar-refractivity contribution in [2.45, 2.75) is 39.8 Å². The molecule has 1 aromatic heterocycles. The second-order valence-electron chi connectivity index (χ2n) is 5.26. The monoisotopic (exact) mass is 274 g/mol. The molecule has 0 bridgehead atoms. The Hall–Kier alpha value is -1.88. The van der Waals surface area contributed by atoms with E-state index in [0.717, 1.165) is 34.9 Å². The van der Waals surface area contributed by atoms with Gasteiger partial charge in [-0.3, -0.25) is 0 Å². The number of nitrogens with zero attached hydrogens (tertiary/aromatic N) is 3. The number of benzene rings is 1. The maximum atomic E-state index is 5.97. The van der Waals surface area contributed by atoms with Crippen LogP contribution in [0.15, 0.2) is 18.2 Å². The molecule has 0 radical (unpaired) electrons. The zero-order chi connectivity index (χ0) is 14.7. The Bertz CT molecular complexity index is 590. The van der Waals surface area contributed by atoms with E-state index in [4.69, 9.17) is 10.5 Å². The summed E-state index contributed by atoms with van der Waals surface area (Å²) in [5, 5.41) is 8.15. The molecule has 2 N–H and O–H groups in total. The van der Waals surface area contributed by atoms with Gasteiger partial charge in [-0.15, -0.1) is 10.2 Å². The van der Waals surface area contributed by atoms with Gasteiger partial charge in [0.15, 0.2) is 5.82 Å². The van der Waals surface area contributed by atoms with Crippen molar-refractivity contribution in [1.29, 1.82) is 0 Å². The molecule has 0 aliphatic carbocycles. The highest BCUT2D eigenvalue weighted by molar-refractivity contribution is 5.41. The minimum atomic E-state index is 0.108. The molecular formula is C15H22N4O. The molecule has 1 unspecified atom stereocenters. The molecule has 0 spiro atoms. The molecule has 1 atom stereocenters. The van der Waals surface area contributed by atoms with Crippen LogP contribution in [0.1, 0.15) is 29.7 Å². The molecule has 1 aromatic carbocycles. The summed E-state index contributed by atoms with van der Waals surface area (Å²) in [7, 11) is 1.94. The standard InChI is InChI=1S/C15H22N4O/c1-10-6-5-7-13(8-11(2)16)15(10)20-9-14-18-17-12(3)19(14)4/h5-7,11H,8-9,16H2,1-4H3. The van der Waals surface area contributed by atoms with Crippen LogP contribution in [0, 0.1) is 13.8 Å². The van der Waals surface area contributed by atoms with Gasteiger partial charge in [0.2, 0.25) is 0 Å². The second kappa shape index (κ2) is 6.05. The first-order valence-corrected chi connectivity index (χ1v) is 6.80. The normalized spacial score (nSPS) is 12.4. The van der Waals surface area contributed by atoms with Gasteiger partial charge < -0.3 is 15.0 Å². The van der Waals surface area contributed by atoms with Crippen molar-refractivity contribution in [3.63, 3.8) is 0 Å². The Morgan fingerprint density at radius 3 is 2.65 bits per heavy atom. The van der Waals surface area contributed by atoms with Gasteiger partial charge in [0.05, 0.1) is 0 Å². The van der Waals surface area contributed by atoms with Crippen LogP contribution in [-0.2, 0) is 20.1 Å². The molecule has 2 aromatic rings. The summed E-state index contributed by atoms with van der Waals surface area (Å²) in [4.78, 5) is 0. The fourth-order valence-electron chi connectivity index (χ4n) is 2.14. The van der Waals surface area contributed by atoms with Gasteiger partial charge in [-0.1, -0.05) is 18.2 Å². The van der Waals surface area contributed by atoms with Crippen molar-refractivity contribution >= 4 is 0 Å². The lowest BCUT2D eigenvalue weighted by molar-refractivity contribution is 0.285. The SMILES string of the molecule is Cc1cccc(CC(C)N)c1OCc1nnc(C)n1C. The predicted octanol–water partition coefficient (Wildman–Crippen LogP) is 1.90. The average molecular weight is 274 g/mol. The molecule has 2 rings (SSSR count). The Morgan fingerprint density at radius 2 is 2.05 bits per heavy atom. The third-order valence-corrected chi connectivity index (χ3v) is 3.36. The minimum absolute atomic E-state index is 0.108. The highest BCUT2D eigenvalue weighted by Crippen LogP contribution is 2.25. The molecule has 0 fully saturated rings. The van der Waals surface area contributed by atoms with E-state index in [2.05, 4.69) is 16.3 Å². The van der Waals surface area contributed by atoms with E-state index in [-0.39, 0.29) is 6.04 Å². The first-order valence-electron chi connectivity index (χ1n) is 6.80. The Labute approximate surface area is 119 Å². The Kier molecular flexibility index (Phi) is 4.39. The zero-order valence-electron chi connectivity index (χ0n) is 12.6. The van der Waals surface area contributed by atoms with E-state index in [1.165, 1.54) is 0 Å². The average Bonchev–Trinajstić information content (AvgIpc) is 2.69. The van der Waals surface area contributed by atoms with Crippen molar-refractivity contribution in [3.8, 4) is 5.75 Å². The van der Waals surface area contributed by atoms with Gasteiger partial charge in [-0.2, -0.15) is 0 Å². The summed E-state index contributed by atoms with van der Waals surface area (Å²) in [6.45, 7) is 6.38. The maximum Gasteiger partial charge on any atom is 0.170 e. The van der Waals surface area contributed by atoms with E-state index in [9.17, 15) is 0 Å². The van der Waals surface area contributed by atoms with Crippen LogP contribution < -0.4 is 10.5 Å². The topological polar surface area (TPSA) is 66.0 Å². The van der Waals surface area contributed by atoms with Crippen LogP contribution in [0.5, 0.6) is 5.75 Å². The van der Waals surface area contributed by atoms with Crippen LogP contribution in [-0.4, -0.2) is 20.8 Å². The quantitative estimate of drug-likeness (QED) is 0.904. The van der Waals surface area contributed by atoms with E-state index in [1.807, 2.05) is 44.5 Å². The number of ether oxygens (including phenoxy) is 1. The molecule has 1 heterocycles. The van der Waals surface area contributed by atoms with Crippen molar-refractivity contribution in [1.82, 2.24) is 14.8 Å². The lowest BCUT2D eigenvalue weighted by Crippen LogP contribution is -2.18. The summed E-state index contributed by atoms with van der Waals surface area (Å²) in [5.41, 5.74) is 8.15. The number of aromatic nitrogens is 3. The fourth-order valence-corrected chi connectivity index (χ4v) is 2.14. The molecule has 0 saturated heterocycles. The van der Waals surface area contributed by atoms with Crippen molar-refractivity contribution in [3.05, 3.63) is 41.0 Å². The molecule has 108 valence electrons. The Morgan fingerprint density at radius 1 is 1.30 bits per heavy atom. The van der Waals surface area contributed by atoms with E-state index in [1.54, 1.807) is 0 Å². The summed E-state index contributed by atoms with van der Waals surface area (Å²) < 4.78 is 7.90. The number of para-hydroxylation sites is 1. The summed E-state index contributed by atoms with van der Waals surface area (Å²) >= 11 is 0. The number of nitrogens with two attached hydrogens (primary N) is 1. The summed E-state index contributed by atoms with van der Waals surface area (Å²) in [6, 6.07) is 6.25. The van der Waals surface area contributed by atoms with Gasteiger partial charge in [0, 0.05) is 13.1 Å². The van der Waals surface area contributed by atoms with Crippen LogP contribution in [0.25, 0.3) is 0 Å². The van der Waals surface area contributed by atoms with Gasteiger partial charge >= 0.3 is 0 Å². The van der Waals surface area contributed by atoms with Gasteiger partial charge in [-0.25, -0.2) is 0 Å².